The summed E-state index contributed by atoms with van der Waals surface area (Å²) in [6, 6.07) is 18.5. The number of benzene rings is 3. The second kappa shape index (κ2) is 12.9. The van der Waals surface area contributed by atoms with Crippen molar-refractivity contribution in [2.45, 2.75) is 72.3 Å². The Hall–Kier alpha value is -3.97. The van der Waals surface area contributed by atoms with Gasteiger partial charge in [-0.05, 0) is 82.0 Å². The maximum Gasteiger partial charge on any atom is 0.235 e. The molecule has 4 atom stereocenters. The molecule has 7 nitrogen and oxygen atoms in total. The molecule has 0 heterocycles. The molecule has 3 N–H and O–H groups in total. The quantitative estimate of drug-likeness (QED) is 0.204. The van der Waals surface area contributed by atoms with Crippen LogP contribution >= 0.6 is 0 Å². The first-order chi connectivity index (χ1) is 19.9. The highest BCUT2D eigenvalue weighted by molar-refractivity contribution is 6.10. The van der Waals surface area contributed by atoms with E-state index in [9.17, 15) is 19.5 Å². The number of nitrogens with one attached hydrogen (secondary N) is 2. The van der Waals surface area contributed by atoms with Gasteiger partial charge in [0.05, 0.1) is 18.1 Å². The van der Waals surface area contributed by atoms with E-state index in [-0.39, 0.29) is 6.42 Å². The molecule has 7 heteroatoms. The van der Waals surface area contributed by atoms with Crippen LogP contribution in [0, 0.1) is 39.5 Å². The third-order valence-corrected chi connectivity index (χ3v) is 8.12. The molecule has 0 spiro atoms. The van der Waals surface area contributed by atoms with E-state index in [1.807, 2.05) is 70.2 Å². The zero-order valence-electron chi connectivity index (χ0n) is 25.4. The molecular formula is C35H42N2O5. The molecule has 222 valence electrons. The van der Waals surface area contributed by atoms with E-state index >= 15 is 0 Å². The molecule has 4 rings (SSSR count). The van der Waals surface area contributed by atoms with Crippen molar-refractivity contribution in [3.05, 3.63) is 88.5 Å². The molecule has 42 heavy (non-hydrogen) atoms. The van der Waals surface area contributed by atoms with Crippen LogP contribution in [-0.4, -0.2) is 34.9 Å². The van der Waals surface area contributed by atoms with Crippen LogP contribution in [0.1, 0.15) is 66.8 Å². The number of Topliss-reactive ketones (excluding diaryl/α,β-unsaturated/α-hetero) is 1. The van der Waals surface area contributed by atoms with Crippen LogP contribution in [0.5, 0.6) is 5.75 Å². The fraction of sp³-hybridized carbons (Fsp3) is 0.400. The third kappa shape index (κ3) is 6.90. The summed E-state index contributed by atoms with van der Waals surface area (Å²) in [6.45, 7) is 11.8. The fourth-order valence-corrected chi connectivity index (χ4v) is 5.97. The van der Waals surface area contributed by atoms with E-state index in [1.54, 1.807) is 18.2 Å². The lowest BCUT2D eigenvalue weighted by Gasteiger charge is -2.44. The zero-order chi connectivity index (χ0) is 30.6. The normalized spacial score (nSPS) is 22.0. The van der Waals surface area contributed by atoms with Gasteiger partial charge in [-0.1, -0.05) is 60.9 Å². The number of ether oxygens (including phenoxy) is 1. The van der Waals surface area contributed by atoms with Crippen molar-refractivity contribution in [1.29, 1.82) is 0 Å². The van der Waals surface area contributed by atoms with Gasteiger partial charge >= 0.3 is 0 Å². The SMILES string of the molecule is CCCCOc1cccc(C2C(C(=O)Nc3ccc(C)cc3C)C(=O)CC(C)(O)C2C(=O)Nc2ccc(C)cc2C)c1. The summed E-state index contributed by atoms with van der Waals surface area (Å²) >= 11 is 0. The molecule has 1 saturated carbocycles. The number of rotatable bonds is 9. The molecule has 1 fully saturated rings. The first-order valence-corrected chi connectivity index (χ1v) is 14.7. The van der Waals surface area contributed by atoms with Crippen molar-refractivity contribution in [2.75, 3.05) is 17.2 Å². The van der Waals surface area contributed by atoms with Crippen LogP contribution in [-0.2, 0) is 14.4 Å². The number of carbonyl (C=O) groups excluding carboxylic acids is 3. The van der Waals surface area contributed by atoms with Gasteiger partial charge in [0.15, 0.2) is 0 Å². The Morgan fingerprint density at radius 2 is 1.50 bits per heavy atom. The number of hydrogen-bond acceptors (Lipinski definition) is 5. The summed E-state index contributed by atoms with van der Waals surface area (Å²) in [5.74, 6) is -4.03. The van der Waals surface area contributed by atoms with Crippen molar-refractivity contribution < 1.29 is 24.2 Å². The summed E-state index contributed by atoms with van der Waals surface area (Å²) in [5.41, 5.74) is 3.96. The number of carbonyl (C=O) groups is 3. The second-order valence-corrected chi connectivity index (χ2v) is 11.9. The van der Waals surface area contributed by atoms with E-state index in [0.29, 0.717) is 29.3 Å². The second-order valence-electron chi connectivity index (χ2n) is 11.9. The first kappa shape index (κ1) is 31.0. The number of amides is 2. The Kier molecular flexibility index (Phi) is 9.52. The molecule has 0 radical (unpaired) electrons. The molecule has 0 bridgehead atoms. The van der Waals surface area contributed by atoms with Crippen LogP contribution < -0.4 is 15.4 Å². The van der Waals surface area contributed by atoms with Gasteiger partial charge in [0.25, 0.3) is 0 Å². The molecule has 3 aromatic rings. The molecular weight excluding hydrogens is 528 g/mol. The Bertz CT molecular complexity index is 1480. The van der Waals surface area contributed by atoms with Crippen LogP contribution in [0.3, 0.4) is 0 Å². The Morgan fingerprint density at radius 3 is 2.07 bits per heavy atom. The maximum absolute atomic E-state index is 14.1. The van der Waals surface area contributed by atoms with Gasteiger partial charge in [-0.2, -0.15) is 0 Å². The minimum Gasteiger partial charge on any atom is -0.494 e. The van der Waals surface area contributed by atoms with Crippen LogP contribution in [0.15, 0.2) is 60.7 Å². The highest BCUT2D eigenvalue weighted by atomic mass is 16.5. The lowest BCUT2D eigenvalue weighted by atomic mass is 9.61. The number of hydrogen-bond donors (Lipinski definition) is 3. The summed E-state index contributed by atoms with van der Waals surface area (Å²) in [4.78, 5) is 41.7. The molecule has 2 amide bonds. The number of unbranched alkanes of at least 4 members (excludes halogenated alkanes) is 1. The van der Waals surface area contributed by atoms with Gasteiger partial charge in [0.2, 0.25) is 11.8 Å². The summed E-state index contributed by atoms with van der Waals surface area (Å²) in [6.07, 6.45) is 1.52. The average Bonchev–Trinajstić information content (AvgIpc) is 2.91. The first-order valence-electron chi connectivity index (χ1n) is 14.7. The highest BCUT2D eigenvalue weighted by Gasteiger charge is 2.56. The summed E-state index contributed by atoms with van der Waals surface area (Å²) < 4.78 is 5.94. The lowest BCUT2D eigenvalue weighted by molar-refractivity contribution is -0.150. The van der Waals surface area contributed by atoms with Gasteiger partial charge in [0.1, 0.15) is 17.5 Å². The summed E-state index contributed by atoms with van der Waals surface area (Å²) in [7, 11) is 0. The molecule has 0 aromatic heterocycles. The van der Waals surface area contributed by atoms with Crippen LogP contribution in [0.2, 0.25) is 0 Å². The number of aliphatic hydroxyl groups is 1. The molecule has 0 aliphatic heterocycles. The van der Waals surface area contributed by atoms with E-state index < -0.39 is 41.0 Å². The van der Waals surface area contributed by atoms with Gasteiger partial charge in [0, 0.05) is 23.7 Å². The van der Waals surface area contributed by atoms with Crippen LogP contribution in [0.25, 0.3) is 0 Å². The predicted octanol–water partition coefficient (Wildman–Crippen LogP) is 6.42. The number of aryl methyl sites for hydroxylation is 4. The van der Waals surface area contributed by atoms with Crippen molar-refractivity contribution in [3.63, 3.8) is 0 Å². The number of anilines is 2. The third-order valence-electron chi connectivity index (χ3n) is 8.12. The minimum absolute atomic E-state index is 0.327. The zero-order valence-corrected chi connectivity index (χ0v) is 25.4. The smallest absolute Gasteiger partial charge is 0.235 e. The van der Waals surface area contributed by atoms with Gasteiger partial charge in [-0.25, -0.2) is 0 Å². The molecule has 0 saturated heterocycles. The van der Waals surface area contributed by atoms with E-state index in [1.165, 1.54) is 6.92 Å². The lowest BCUT2D eigenvalue weighted by Crippen LogP contribution is -2.56. The monoisotopic (exact) mass is 570 g/mol. The van der Waals surface area contributed by atoms with Crippen LogP contribution in [0.4, 0.5) is 11.4 Å². The average molecular weight is 571 g/mol. The summed E-state index contributed by atoms with van der Waals surface area (Å²) in [5, 5.41) is 17.6. The van der Waals surface area contributed by atoms with Gasteiger partial charge < -0.3 is 20.5 Å². The maximum atomic E-state index is 14.1. The van der Waals surface area contributed by atoms with Gasteiger partial charge in [-0.15, -0.1) is 0 Å². The largest absolute Gasteiger partial charge is 0.494 e. The Morgan fingerprint density at radius 1 is 0.905 bits per heavy atom. The fourth-order valence-electron chi connectivity index (χ4n) is 5.97. The highest BCUT2D eigenvalue weighted by Crippen LogP contribution is 2.47. The van der Waals surface area contributed by atoms with E-state index in [0.717, 1.165) is 35.1 Å². The topological polar surface area (TPSA) is 105 Å². The molecule has 1 aliphatic carbocycles. The van der Waals surface area contributed by atoms with Gasteiger partial charge in [-0.3, -0.25) is 14.4 Å². The molecule has 4 unspecified atom stereocenters. The van der Waals surface area contributed by atoms with Crippen molar-refractivity contribution in [1.82, 2.24) is 0 Å². The van der Waals surface area contributed by atoms with E-state index in [4.69, 9.17) is 4.74 Å². The predicted molar refractivity (Wildman–Crippen MR) is 166 cm³/mol. The Labute approximate surface area is 248 Å². The minimum atomic E-state index is -1.69. The molecule has 1 aliphatic rings. The standard InChI is InChI=1S/C35H42N2O5/c1-7-8-16-42-26-11-9-10-25(19-26)30-31(33(39)36-27-14-12-21(2)17-23(27)4)29(38)20-35(6,41)32(30)34(40)37-28-15-13-22(3)18-24(28)5/h9-15,17-19,30-32,41H,7-8,16,20H2,1-6H3,(H,36,39)(H,37,40). The van der Waals surface area contributed by atoms with E-state index in [2.05, 4.69) is 17.6 Å². The Balaban J connectivity index is 1.79. The van der Waals surface area contributed by atoms with Crippen molar-refractivity contribution in [3.8, 4) is 5.75 Å². The number of ketones is 1. The molecule has 3 aromatic carbocycles. The van der Waals surface area contributed by atoms with Crippen molar-refractivity contribution in [2.24, 2.45) is 11.8 Å². The van der Waals surface area contributed by atoms with Crippen molar-refractivity contribution >= 4 is 29.0 Å².